The number of ether oxygens (including phenoxy) is 2. The van der Waals surface area contributed by atoms with Crippen molar-refractivity contribution in [3.05, 3.63) is 0 Å². The van der Waals surface area contributed by atoms with E-state index in [1.54, 1.807) is 41.5 Å². The van der Waals surface area contributed by atoms with E-state index in [-0.39, 0.29) is 18.9 Å². The van der Waals surface area contributed by atoms with Gasteiger partial charge in [-0.15, -0.1) is 0 Å². The molecule has 31 heavy (non-hydrogen) atoms. The minimum Gasteiger partial charge on any atom is -0.480 e. The van der Waals surface area contributed by atoms with Crippen molar-refractivity contribution in [2.45, 2.75) is 97.6 Å². The summed E-state index contributed by atoms with van der Waals surface area (Å²) in [6, 6.07) is -2.55. The van der Waals surface area contributed by atoms with E-state index in [2.05, 4.69) is 10.6 Å². The molecule has 1 rings (SSSR count). The van der Waals surface area contributed by atoms with Crippen LogP contribution in [0, 0.1) is 5.92 Å². The number of amides is 3. The second kappa shape index (κ2) is 10.2. The predicted molar refractivity (Wildman–Crippen MR) is 114 cm³/mol. The Hall–Kier alpha value is -2.52. The summed E-state index contributed by atoms with van der Waals surface area (Å²) in [7, 11) is 0. The van der Waals surface area contributed by atoms with E-state index in [0.29, 0.717) is 6.42 Å². The molecule has 10 heteroatoms. The zero-order valence-electron chi connectivity index (χ0n) is 19.8. The number of carboxylic acid groups (broad SMARTS) is 1. The van der Waals surface area contributed by atoms with Gasteiger partial charge in [0.1, 0.15) is 23.3 Å². The van der Waals surface area contributed by atoms with Crippen molar-refractivity contribution in [1.82, 2.24) is 15.5 Å². The van der Waals surface area contributed by atoms with E-state index >= 15 is 0 Å². The van der Waals surface area contributed by atoms with Gasteiger partial charge in [0.15, 0.2) is 0 Å². The molecule has 0 bridgehead atoms. The van der Waals surface area contributed by atoms with Crippen LogP contribution in [0.5, 0.6) is 0 Å². The number of alkyl carbamates (subject to hydrolysis) is 1. The molecule has 3 unspecified atom stereocenters. The lowest BCUT2D eigenvalue weighted by Crippen LogP contribution is -2.51. The van der Waals surface area contributed by atoms with Crippen LogP contribution in [0.25, 0.3) is 0 Å². The van der Waals surface area contributed by atoms with Crippen molar-refractivity contribution in [2.24, 2.45) is 5.92 Å². The summed E-state index contributed by atoms with van der Waals surface area (Å²) in [6.07, 6.45) is -1.04. The monoisotopic (exact) mass is 443 g/mol. The van der Waals surface area contributed by atoms with Crippen LogP contribution in [-0.2, 0) is 19.1 Å². The average Bonchev–Trinajstić information content (AvgIpc) is 2.94. The minimum atomic E-state index is -1.17. The van der Waals surface area contributed by atoms with E-state index in [4.69, 9.17) is 9.47 Å². The van der Waals surface area contributed by atoms with Gasteiger partial charge in [0.2, 0.25) is 5.91 Å². The van der Waals surface area contributed by atoms with E-state index < -0.39 is 53.4 Å². The van der Waals surface area contributed by atoms with Gasteiger partial charge < -0.3 is 25.2 Å². The van der Waals surface area contributed by atoms with Crippen LogP contribution in [0.2, 0.25) is 0 Å². The molecule has 3 N–H and O–H groups in total. The molecule has 0 aromatic rings. The SMILES string of the molecule is CC(C)CC(NC(=O)OC(C)(C)C)C(=O)NC1CC(C(=O)O)N(C(=O)OC(C)(C)C)C1. The Labute approximate surface area is 184 Å². The number of nitrogens with zero attached hydrogens (tertiary/aromatic N) is 1. The maximum absolute atomic E-state index is 12.9. The minimum absolute atomic E-state index is 0.00153. The largest absolute Gasteiger partial charge is 0.480 e. The second-order valence-electron chi connectivity index (χ2n) is 10.3. The van der Waals surface area contributed by atoms with Crippen molar-refractivity contribution in [2.75, 3.05) is 6.54 Å². The summed E-state index contributed by atoms with van der Waals surface area (Å²) >= 11 is 0. The Morgan fingerprint density at radius 2 is 1.58 bits per heavy atom. The van der Waals surface area contributed by atoms with Crippen LogP contribution in [0.15, 0.2) is 0 Å². The fourth-order valence-electron chi connectivity index (χ4n) is 3.15. The smallest absolute Gasteiger partial charge is 0.411 e. The molecule has 1 saturated heterocycles. The molecule has 1 fully saturated rings. The third-order valence-electron chi connectivity index (χ3n) is 4.28. The lowest BCUT2D eigenvalue weighted by atomic mass is 10.0. The lowest BCUT2D eigenvalue weighted by Gasteiger charge is -2.27. The molecular weight excluding hydrogens is 406 g/mol. The van der Waals surface area contributed by atoms with E-state index in [0.717, 1.165) is 4.90 Å². The fraction of sp³-hybridized carbons (Fsp3) is 0.810. The quantitative estimate of drug-likeness (QED) is 0.574. The van der Waals surface area contributed by atoms with Crippen molar-refractivity contribution in [3.8, 4) is 0 Å². The lowest BCUT2D eigenvalue weighted by molar-refractivity contribution is -0.142. The molecular formula is C21H37N3O7. The molecule has 0 radical (unpaired) electrons. The molecule has 0 saturated carbocycles. The van der Waals surface area contributed by atoms with Gasteiger partial charge in [0.05, 0.1) is 0 Å². The van der Waals surface area contributed by atoms with Crippen LogP contribution in [0.1, 0.15) is 68.2 Å². The zero-order chi connectivity index (χ0) is 24.1. The molecule has 0 spiro atoms. The first-order valence-corrected chi connectivity index (χ1v) is 10.5. The molecule has 1 heterocycles. The third kappa shape index (κ3) is 9.44. The van der Waals surface area contributed by atoms with Crippen molar-refractivity contribution >= 4 is 24.1 Å². The summed E-state index contributed by atoms with van der Waals surface area (Å²) in [6.45, 7) is 14.1. The first-order chi connectivity index (χ1) is 14.0. The van der Waals surface area contributed by atoms with Crippen LogP contribution >= 0.6 is 0 Å². The molecule has 0 aliphatic carbocycles. The van der Waals surface area contributed by atoms with E-state index in [1.165, 1.54) is 0 Å². The summed E-state index contributed by atoms with van der Waals surface area (Å²) in [5.74, 6) is -1.52. The number of nitrogens with one attached hydrogen (secondary N) is 2. The summed E-state index contributed by atoms with van der Waals surface area (Å²) < 4.78 is 10.5. The van der Waals surface area contributed by atoms with E-state index in [9.17, 15) is 24.3 Å². The van der Waals surface area contributed by atoms with Gasteiger partial charge in [0.25, 0.3) is 0 Å². The van der Waals surface area contributed by atoms with Crippen LogP contribution in [0.3, 0.4) is 0 Å². The standard InChI is InChI=1S/C21H37N3O7/c1-12(2)9-14(23-18(28)30-20(3,4)5)16(25)22-13-10-15(17(26)27)24(11-13)19(29)31-21(6,7)8/h12-15H,9-11H2,1-8H3,(H,22,25)(H,23,28)(H,26,27). The highest BCUT2D eigenvalue weighted by atomic mass is 16.6. The van der Waals surface area contributed by atoms with Gasteiger partial charge in [-0.2, -0.15) is 0 Å². The third-order valence-corrected chi connectivity index (χ3v) is 4.28. The highest BCUT2D eigenvalue weighted by Gasteiger charge is 2.42. The van der Waals surface area contributed by atoms with Crippen molar-refractivity contribution in [3.63, 3.8) is 0 Å². The molecule has 3 amide bonds. The molecule has 1 aliphatic heterocycles. The molecule has 1 aliphatic rings. The molecule has 0 aromatic heterocycles. The number of rotatable bonds is 6. The number of hydrogen-bond acceptors (Lipinski definition) is 6. The maximum Gasteiger partial charge on any atom is 0.411 e. The van der Waals surface area contributed by atoms with Gasteiger partial charge in [-0.05, 0) is 53.9 Å². The van der Waals surface area contributed by atoms with Gasteiger partial charge in [-0.3, -0.25) is 9.69 Å². The van der Waals surface area contributed by atoms with Gasteiger partial charge in [0, 0.05) is 19.0 Å². The Bertz CT molecular complexity index is 679. The molecule has 3 atom stereocenters. The Morgan fingerprint density at radius 3 is 2.03 bits per heavy atom. The topological polar surface area (TPSA) is 134 Å². The van der Waals surface area contributed by atoms with Crippen LogP contribution in [-0.4, -0.2) is 69.9 Å². The molecule has 10 nitrogen and oxygen atoms in total. The van der Waals surface area contributed by atoms with E-state index in [1.807, 2.05) is 13.8 Å². The first kappa shape index (κ1) is 26.5. The molecule has 0 aromatic carbocycles. The number of hydrogen-bond donors (Lipinski definition) is 3. The zero-order valence-corrected chi connectivity index (χ0v) is 19.8. The Morgan fingerprint density at radius 1 is 1.03 bits per heavy atom. The summed E-state index contributed by atoms with van der Waals surface area (Å²) in [4.78, 5) is 50.2. The number of carbonyl (C=O) groups is 4. The van der Waals surface area contributed by atoms with Crippen molar-refractivity contribution < 1.29 is 33.8 Å². The predicted octanol–water partition coefficient (Wildman–Crippen LogP) is 2.50. The maximum atomic E-state index is 12.9. The van der Waals surface area contributed by atoms with Crippen molar-refractivity contribution in [1.29, 1.82) is 0 Å². The first-order valence-electron chi connectivity index (χ1n) is 10.5. The van der Waals surface area contributed by atoms with Gasteiger partial charge in [-0.25, -0.2) is 14.4 Å². The number of likely N-dealkylation sites (tertiary alicyclic amines) is 1. The molecule has 178 valence electrons. The van der Waals surface area contributed by atoms with Gasteiger partial charge >= 0.3 is 18.2 Å². The number of carboxylic acids is 1. The number of carbonyl (C=O) groups excluding carboxylic acids is 3. The average molecular weight is 444 g/mol. The normalized spacial score (nSPS) is 20.2. The van der Waals surface area contributed by atoms with Crippen LogP contribution < -0.4 is 10.6 Å². The highest BCUT2D eigenvalue weighted by Crippen LogP contribution is 2.22. The second-order valence-corrected chi connectivity index (χ2v) is 10.3. The summed E-state index contributed by atoms with van der Waals surface area (Å²) in [5, 5.41) is 14.8. The van der Waals surface area contributed by atoms with Gasteiger partial charge in [-0.1, -0.05) is 13.8 Å². The Kier molecular flexibility index (Phi) is 8.72. The highest BCUT2D eigenvalue weighted by molar-refractivity contribution is 5.86. The fourth-order valence-corrected chi connectivity index (χ4v) is 3.15. The van der Waals surface area contributed by atoms with Crippen LogP contribution in [0.4, 0.5) is 9.59 Å². The summed E-state index contributed by atoms with van der Waals surface area (Å²) in [5.41, 5.74) is -1.49. The Balaban J connectivity index is 2.86. The number of aliphatic carboxylic acids is 1.